The van der Waals surface area contributed by atoms with Gasteiger partial charge in [-0.3, -0.25) is 4.68 Å². The molecule has 22 heavy (non-hydrogen) atoms. The highest BCUT2D eigenvalue weighted by molar-refractivity contribution is 5.86. The van der Waals surface area contributed by atoms with Crippen molar-refractivity contribution in [3.05, 3.63) is 47.9 Å². The number of benzene rings is 1. The summed E-state index contributed by atoms with van der Waals surface area (Å²) in [5.74, 6) is 2.24. The van der Waals surface area contributed by atoms with Crippen molar-refractivity contribution in [2.75, 3.05) is 5.32 Å². The molecule has 3 aromatic rings. The molecule has 0 spiro atoms. The summed E-state index contributed by atoms with van der Waals surface area (Å²) >= 11 is 0. The van der Waals surface area contributed by atoms with E-state index < -0.39 is 0 Å². The number of anilines is 1. The van der Waals surface area contributed by atoms with Crippen molar-refractivity contribution in [1.29, 1.82) is 0 Å². The van der Waals surface area contributed by atoms with Crippen LogP contribution >= 0.6 is 0 Å². The summed E-state index contributed by atoms with van der Waals surface area (Å²) in [6.45, 7) is 5.09. The molecule has 0 fully saturated rings. The maximum atomic E-state index is 4.69. The second kappa shape index (κ2) is 6.13. The molecule has 0 amide bonds. The summed E-state index contributed by atoms with van der Waals surface area (Å²) in [7, 11) is 1.91. The predicted molar refractivity (Wildman–Crippen MR) is 88.6 cm³/mol. The SMILES string of the molecule is CC(C)Cc1nc(NCc2ccccc2)c2cnn(C)c2n1. The second-order valence-corrected chi connectivity index (χ2v) is 5.93. The average Bonchev–Trinajstić information content (AvgIpc) is 2.87. The first-order valence-corrected chi connectivity index (χ1v) is 7.60. The van der Waals surface area contributed by atoms with Crippen molar-refractivity contribution >= 4 is 16.9 Å². The van der Waals surface area contributed by atoms with Gasteiger partial charge in [0.15, 0.2) is 5.65 Å². The van der Waals surface area contributed by atoms with Crippen LogP contribution in [0.3, 0.4) is 0 Å². The highest BCUT2D eigenvalue weighted by Crippen LogP contribution is 2.21. The van der Waals surface area contributed by atoms with Gasteiger partial charge >= 0.3 is 0 Å². The number of nitrogens with one attached hydrogen (secondary N) is 1. The highest BCUT2D eigenvalue weighted by atomic mass is 15.3. The third kappa shape index (κ3) is 3.08. The lowest BCUT2D eigenvalue weighted by Crippen LogP contribution is -2.08. The number of rotatable bonds is 5. The second-order valence-electron chi connectivity index (χ2n) is 5.93. The summed E-state index contributed by atoms with van der Waals surface area (Å²) < 4.78 is 1.80. The van der Waals surface area contributed by atoms with Gasteiger partial charge in [0.1, 0.15) is 11.6 Å². The van der Waals surface area contributed by atoms with Crippen molar-refractivity contribution in [2.45, 2.75) is 26.8 Å². The maximum absolute atomic E-state index is 4.69. The summed E-state index contributed by atoms with van der Waals surface area (Å²) in [6, 6.07) is 10.3. The first-order valence-electron chi connectivity index (χ1n) is 7.60. The molecule has 114 valence electrons. The van der Waals surface area contributed by atoms with Crippen molar-refractivity contribution in [2.24, 2.45) is 13.0 Å². The van der Waals surface area contributed by atoms with Crippen LogP contribution in [0.5, 0.6) is 0 Å². The minimum Gasteiger partial charge on any atom is -0.365 e. The summed E-state index contributed by atoms with van der Waals surface area (Å²) in [6.07, 6.45) is 2.68. The molecule has 0 aliphatic heterocycles. The standard InChI is InChI=1S/C17H21N5/c1-12(2)9-15-20-16(14-11-19-22(3)17(14)21-15)18-10-13-7-5-4-6-8-13/h4-8,11-12H,9-10H2,1-3H3,(H,18,20,21). The Kier molecular flexibility index (Phi) is 4.04. The molecule has 5 nitrogen and oxygen atoms in total. The predicted octanol–water partition coefficient (Wildman–Crippen LogP) is 3.17. The Bertz CT molecular complexity index is 761. The Morgan fingerprint density at radius 3 is 2.64 bits per heavy atom. The largest absolute Gasteiger partial charge is 0.365 e. The van der Waals surface area contributed by atoms with Crippen molar-refractivity contribution in [1.82, 2.24) is 19.7 Å². The van der Waals surface area contributed by atoms with Gasteiger partial charge in [-0.15, -0.1) is 0 Å². The Hall–Kier alpha value is -2.43. The molecule has 0 radical (unpaired) electrons. The lowest BCUT2D eigenvalue weighted by molar-refractivity contribution is 0.621. The van der Waals surface area contributed by atoms with Crippen molar-refractivity contribution in [3.8, 4) is 0 Å². The molecule has 0 aliphatic rings. The Labute approximate surface area is 130 Å². The monoisotopic (exact) mass is 295 g/mol. The van der Waals surface area contributed by atoms with Crippen LogP contribution in [-0.4, -0.2) is 19.7 Å². The molecule has 0 atom stereocenters. The molecule has 0 unspecified atom stereocenters. The third-order valence-corrected chi connectivity index (χ3v) is 3.53. The summed E-state index contributed by atoms with van der Waals surface area (Å²) in [5.41, 5.74) is 2.10. The zero-order valence-electron chi connectivity index (χ0n) is 13.2. The van der Waals surface area contributed by atoms with E-state index in [4.69, 9.17) is 4.98 Å². The van der Waals surface area contributed by atoms with Gasteiger partial charge in [0.25, 0.3) is 0 Å². The van der Waals surface area contributed by atoms with E-state index in [1.54, 1.807) is 4.68 Å². The zero-order valence-corrected chi connectivity index (χ0v) is 13.2. The van der Waals surface area contributed by atoms with E-state index in [0.29, 0.717) is 5.92 Å². The van der Waals surface area contributed by atoms with E-state index in [1.807, 2.05) is 31.4 Å². The van der Waals surface area contributed by atoms with Crippen molar-refractivity contribution in [3.63, 3.8) is 0 Å². The van der Waals surface area contributed by atoms with Crippen LogP contribution in [0.4, 0.5) is 5.82 Å². The molecule has 3 rings (SSSR count). The third-order valence-electron chi connectivity index (χ3n) is 3.53. The highest BCUT2D eigenvalue weighted by Gasteiger charge is 2.12. The quantitative estimate of drug-likeness (QED) is 0.785. The molecule has 5 heteroatoms. The molecule has 2 aromatic heterocycles. The molecule has 1 N–H and O–H groups in total. The van der Waals surface area contributed by atoms with Crippen LogP contribution in [-0.2, 0) is 20.0 Å². The topological polar surface area (TPSA) is 55.6 Å². The number of aromatic nitrogens is 4. The Morgan fingerprint density at radius 1 is 1.14 bits per heavy atom. The molecule has 0 bridgehead atoms. The Morgan fingerprint density at radius 2 is 1.91 bits per heavy atom. The van der Waals surface area contributed by atoms with Crippen LogP contribution in [0.15, 0.2) is 36.5 Å². The van der Waals surface area contributed by atoms with Gasteiger partial charge in [-0.25, -0.2) is 9.97 Å². The minimum atomic E-state index is 0.521. The fourth-order valence-corrected chi connectivity index (χ4v) is 2.44. The van der Waals surface area contributed by atoms with Crippen LogP contribution in [0.2, 0.25) is 0 Å². The van der Waals surface area contributed by atoms with E-state index in [2.05, 4.69) is 41.4 Å². The van der Waals surface area contributed by atoms with Gasteiger partial charge in [0.2, 0.25) is 0 Å². The molecular formula is C17H21N5. The van der Waals surface area contributed by atoms with Gasteiger partial charge in [-0.05, 0) is 11.5 Å². The number of hydrogen-bond donors (Lipinski definition) is 1. The molecule has 2 heterocycles. The fraction of sp³-hybridized carbons (Fsp3) is 0.353. The van der Waals surface area contributed by atoms with Crippen LogP contribution in [0.1, 0.15) is 25.2 Å². The number of nitrogens with zero attached hydrogens (tertiary/aromatic N) is 4. The summed E-state index contributed by atoms with van der Waals surface area (Å²) in [5, 5.41) is 8.70. The van der Waals surface area contributed by atoms with E-state index in [1.165, 1.54) is 5.56 Å². The molecule has 0 aliphatic carbocycles. The molecule has 0 saturated carbocycles. The van der Waals surface area contributed by atoms with Gasteiger partial charge in [-0.2, -0.15) is 5.10 Å². The first-order chi connectivity index (χ1) is 10.6. The van der Waals surface area contributed by atoms with Crippen molar-refractivity contribution < 1.29 is 0 Å². The number of hydrogen-bond acceptors (Lipinski definition) is 4. The number of aryl methyl sites for hydroxylation is 1. The number of fused-ring (bicyclic) bond motifs is 1. The summed E-state index contributed by atoms with van der Waals surface area (Å²) in [4.78, 5) is 9.33. The van der Waals surface area contributed by atoms with Crippen LogP contribution in [0.25, 0.3) is 11.0 Å². The van der Waals surface area contributed by atoms with Gasteiger partial charge in [-0.1, -0.05) is 44.2 Å². The average molecular weight is 295 g/mol. The molecular weight excluding hydrogens is 274 g/mol. The van der Waals surface area contributed by atoms with E-state index in [0.717, 1.165) is 35.6 Å². The van der Waals surface area contributed by atoms with Crippen LogP contribution < -0.4 is 5.32 Å². The van der Waals surface area contributed by atoms with Gasteiger partial charge in [0, 0.05) is 20.0 Å². The Balaban J connectivity index is 1.92. The zero-order chi connectivity index (χ0) is 15.5. The molecule has 1 aromatic carbocycles. The normalized spacial score (nSPS) is 11.3. The lowest BCUT2D eigenvalue weighted by Gasteiger charge is -2.10. The van der Waals surface area contributed by atoms with E-state index >= 15 is 0 Å². The van der Waals surface area contributed by atoms with Gasteiger partial charge < -0.3 is 5.32 Å². The van der Waals surface area contributed by atoms with Crippen LogP contribution in [0, 0.1) is 5.92 Å². The van der Waals surface area contributed by atoms with E-state index in [9.17, 15) is 0 Å². The fourth-order valence-electron chi connectivity index (χ4n) is 2.44. The smallest absolute Gasteiger partial charge is 0.163 e. The minimum absolute atomic E-state index is 0.521. The lowest BCUT2D eigenvalue weighted by atomic mass is 10.1. The maximum Gasteiger partial charge on any atom is 0.163 e. The van der Waals surface area contributed by atoms with Gasteiger partial charge in [0.05, 0.1) is 11.6 Å². The molecule has 0 saturated heterocycles. The first kappa shape index (κ1) is 14.5. The van der Waals surface area contributed by atoms with E-state index in [-0.39, 0.29) is 0 Å².